The molecule has 8 nitrogen and oxygen atoms in total. The van der Waals surface area contributed by atoms with Gasteiger partial charge in [0.05, 0.1) is 13.2 Å². The summed E-state index contributed by atoms with van der Waals surface area (Å²) in [4.78, 5) is 31.7. The number of nitrogens with one attached hydrogen (secondary N) is 1. The van der Waals surface area contributed by atoms with Gasteiger partial charge >= 0.3 is 0 Å². The zero-order chi connectivity index (χ0) is 18.2. The molecular formula is C17H21N3O5. The molecule has 0 saturated heterocycles. The lowest BCUT2D eigenvalue weighted by atomic mass is 10.2. The highest BCUT2D eigenvalue weighted by Crippen LogP contribution is 2.09. The lowest BCUT2D eigenvalue weighted by Crippen LogP contribution is -2.42. The van der Waals surface area contributed by atoms with E-state index in [1.54, 1.807) is 19.1 Å². The molecule has 3 N–H and O–H groups in total. The maximum atomic E-state index is 12.5. The summed E-state index contributed by atoms with van der Waals surface area (Å²) in [5, 5.41) is 19.3. The number of aromatic nitrogens is 2. The zero-order valence-corrected chi connectivity index (χ0v) is 13.9. The molecule has 2 aromatic rings. The van der Waals surface area contributed by atoms with Gasteiger partial charge in [-0.25, -0.2) is 4.98 Å². The van der Waals surface area contributed by atoms with Gasteiger partial charge in [0.25, 0.3) is 11.5 Å². The molecular weight excluding hydrogens is 326 g/mol. The number of ether oxygens (including phenoxy) is 1. The summed E-state index contributed by atoms with van der Waals surface area (Å²) in [7, 11) is 0. The third kappa shape index (κ3) is 5.70. The number of H-pyrrole nitrogens is 1. The van der Waals surface area contributed by atoms with Gasteiger partial charge in [-0.1, -0.05) is 18.2 Å². The quantitative estimate of drug-likeness (QED) is 0.617. The molecule has 0 unspecified atom stereocenters. The summed E-state index contributed by atoms with van der Waals surface area (Å²) in [5.74, 6) is 0.378. The van der Waals surface area contributed by atoms with E-state index in [0.717, 1.165) is 6.07 Å². The molecule has 0 radical (unpaired) electrons. The number of nitrogens with zero attached hydrogens (tertiary/aromatic N) is 2. The number of amides is 1. The lowest BCUT2D eigenvalue weighted by molar-refractivity contribution is 0.0454. The summed E-state index contributed by atoms with van der Waals surface area (Å²) in [5.41, 5.74) is -0.473. The fraction of sp³-hybridized carbons (Fsp3) is 0.353. The smallest absolute Gasteiger partial charge is 0.272 e. The number of aromatic amines is 1. The van der Waals surface area contributed by atoms with Crippen LogP contribution >= 0.6 is 0 Å². The summed E-state index contributed by atoms with van der Waals surface area (Å²) in [6.45, 7) is 1.23. The maximum absolute atomic E-state index is 12.5. The van der Waals surface area contributed by atoms with Crippen LogP contribution in [-0.2, 0) is 0 Å². The number of hydrogen-bond donors (Lipinski definition) is 3. The van der Waals surface area contributed by atoms with Crippen molar-refractivity contribution >= 4 is 5.91 Å². The molecule has 0 fully saturated rings. The van der Waals surface area contributed by atoms with E-state index in [1.807, 2.05) is 18.2 Å². The van der Waals surface area contributed by atoms with E-state index >= 15 is 0 Å². The van der Waals surface area contributed by atoms with Crippen LogP contribution in [0.3, 0.4) is 0 Å². The number of carbonyl (C=O) groups excluding carboxylic acids is 1. The zero-order valence-electron chi connectivity index (χ0n) is 13.9. The van der Waals surface area contributed by atoms with Gasteiger partial charge in [-0.15, -0.1) is 0 Å². The number of rotatable bonds is 8. The third-order valence-corrected chi connectivity index (χ3v) is 3.35. The Balaban J connectivity index is 2.01. The van der Waals surface area contributed by atoms with E-state index in [0.29, 0.717) is 11.6 Å². The molecule has 134 valence electrons. The van der Waals surface area contributed by atoms with Crippen molar-refractivity contribution in [3.63, 3.8) is 0 Å². The second kappa shape index (κ2) is 8.95. The van der Waals surface area contributed by atoms with Gasteiger partial charge in [0.15, 0.2) is 0 Å². The Bertz CT molecular complexity index is 747. The van der Waals surface area contributed by atoms with Crippen molar-refractivity contribution in [2.75, 3.05) is 26.3 Å². The highest BCUT2D eigenvalue weighted by atomic mass is 16.5. The highest BCUT2D eigenvalue weighted by molar-refractivity contribution is 5.92. The van der Waals surface area contributed by atoms with Crippen LogP contribution in [0, 0.1) is 6.92 Å². The summed E-state index contributed by atoms with van der Waals surface area (Å²) < 4.78 is 5.45. The number of para-hydroxylation sites is 1. The standard InChI is InChI=1S/C17H21N3O5/c1-12-18-15(9-16(23)19-12)17(24)20(7-8-21)10-13(22)11-25-14-5-3-2-4-6-14/h2-6,9,13,21-22H,7-8,10-11H2,1H3,(H,18,19,23)/t13-/m0/s1. The van der Waals surface area contributed by atoms with E-state index < -0.39 is 17.6 Å². The van der Waals surface area contributed by atoms with Crippen LogP contribution in [0.2, 0.25) is 0 Å². The Morgan fingerprint density at radius 2 is 2.08 bits per heavy atom. The van der Waals surface area contributed by atoms with Gasteiger partial charge in [-0.3, -0.25) is 9.59 Å². The van der Waals surface area contributed by atoms with Crippen molar-refractivity contribution in [2.45, 2.75) is 13.0 Å². The maximum Gasteiger partial charge on any atom is 0.272 e. The number of aliphatic hydroxyl groups is 2. The van der Waals surface area contributed by atoms with Crippen molar-refractivity contribution < 1.29 is 19.7 Å². The van der Waals surface area contributed by atoms with Crippen LogP contribution in [0.25, 0.3) is 0 Å². The van der Waals surface area contributed by atoms with Crippen molar-refractivity contribution in [1.29, 1.82) is 0 Å². The Labute approximate surface area is 144 Å². The Hall–Kier alpha value is -2.71. The SMILES string of the molecule is Cc1nc(C(=O)N(CCO)C[C@H](O)COc2ccccc2)cc(=O)[nH]1. The molecule has 1 aromatic carbocycles. The second-order valence-electron chi connectivity index (χ2n) is 5.47. The van der Waals surface area contributed by atoms with E-state index in [2.05, 4.69) is 9.97 Å². The van der Waals surface area contributed by atoms with Gasteiger partial charge in [0.2, 0.25) is 0 Å². The first-order valence-corrected chi connectivity index (χ1v) is 7.83. The first kappa shape index (κ1) is 18.6. The van der Waals surface area contributed by atoms with Crippen molar-refractivity contribution in [3.8, 4) is 5.75 Å². The fourth-order valence-corrected chi connectivity index (χ4v) is 2.26. The molecule has 2 rings (SSSR count). The van der Waals surface area contributed by atoms with Crippen LogP contribution in [0.15, 0.2) is 41.2 Å². The van der Waals surface area contributed by atoms with Crippen LogP contribution in [0.1, 0.15) is 16.3 Å². The van der Waals surface area contributed by atoms with Crippen LogP contribution in [0.5, 0.6) is 5.75 Å². The summed E-state index contributed by atoms with van der Waals surface area (Å²) >= 11 is 0. The van der Waals surface area contributed by atoms with Gasteiger partial charge < -0.3 is 24.8 Å². The molecule has 0 saturated carbocycles. The molecule has 25 heavy (non-hydrogen) atoms. The number of benzene rings is 1. The van der Waals surface area contributed by atoms with E-state index in [4.69, 9.17) is 9.84 Å². The predicted molar refractivity (Wildman–Crippen MR) is 90.5 cm³/mol. The minimum Gasteiger partial charge on any atom is -0.491 e. The molecule has 0 aliphatic carbocycles. The Morgan fingerprint density at radius 1 is 1.36 bits per heavy atom. The van der Waals surface area contributed by atoms with Crippen LogP contribution in [0.4, 0.5) is 0 Å². The van der Waals surface area contributed by atoms with Crippen LogP contribution in [-0.4, -0.2) is 63.4 Å². The minimum atomic E-state index is -0.959. The molecule has 1 amide bonds. The van der Waals surface area contributed by atoms with Gasteiger partial charge in [-0.2, -0.15) is 0 Å². The minimum absolute atomic E-state index is 0.00869. The van der Waals surface area contributed by atoms with Crippen LogP contribution < -0.4 is 10.3 Å². The number of hydrogen-bond acceptors (Lipinski definition) is 6. The first-order valence-electron chi connectivity index (χ1n) is 7.83. The average molecular weight is 347 g/mol. The van der Waals surface area contributed by atoms with Gasteiger partial charge in [-0.05, 0) is 19.1 Å². The molecule has 0 aliphatic rings. The number of carbonyl (C=O) groups is 1. The largest absolute Gasteiger partial charge is 0.491 e. The molecule has 0 aliphatic heterocycles. The molecule has 8 heteroatoms. The third-order valence-electron chi connectivity index (χ3n) is 3.35. The summed E-state index contributed by atoms with van der Waals surface area (Å²) in [6, 6.07) is 10.1. The van der Waals surface area contributed by atoms with Crippen molar-refractivity contribution in [2.24, 2.45) is 0 Å². The Kier molecular flexibility index (Phi) is 6.67. The van der Waals surface area contributed by atoms with Gasteiger partial charge in [0, 0.05) is 12.6 Å². The fourth-order valence-electron chi connectivity index (χ4n) is 2.26. The predicted octanol–water partition coefficient (Wildman–Crippen LogP) is -0.0473. The highest BCUT2D eigenvalue weighted by Gasteiger charge is 2.21. The lowest BCUT2D eigenvalue weighted by Gasteiger charge is -2.24. The summed E-state index contributed by atoms with van der Waals surface area (Å²) in [6.07, 6.45) is -0.959. The average Bonchev–Trinajstić information content (AvgIpc) is 2.59. The monoisotopic (exact) mass is 347 g/mol. The van der Waals surface area contributed by atoms with Crippen molar-refractivity contribution in [1.82, 2.24) is 14.9 Å². The van der Waals surface area contributed by atoms with E-state index in [-0.39, 0.29) is 32.0 Å². The molecule has 1 atom stereocenters. The molecule has 1 aromatic heterocycles. The number of aryl methyl sites for hydroxylation is 1. The van der Waals surface area contributed by atoms with Gasteiger partial charge in [0.1, 0.15) is 30.0 Å². The molecule has 0 spiro atoms. The Morgan fingerprint density at radius 3 is 2.72 bits per heavy atom. The van der Waals surface area contributed by atoms with E-state index in [1.165, 1.54) is 4.90 Å². The second-order valence-corrected chi connectivity index (χ2v) is 5.47. The van der Waals surface area contributed by atoms with E-state index in [9.17, 15) is 14.7 Å². The normalized spacial score (nSPS) is 11.8. The van der Waals surface area contributed by atoms with Crippen molar-refractivity contribution in [3.05, 3.63) is 58.3 Å². The molecule has 1 heterocycles. The number of aliphatic hydroxyl groups excluding tert-OH is 2. The topological polar surface area (TPSA) is 116 Å². The first-order chi connectivity index (χ1) is 12.0. The molecule has 0 bridgehead atoms.